The molecule has 1 rings (SSSR count). The predicted molar refractivity (Wildman–Crippen MR) is 77.8 cm³/mol. The topological polar surface area (TPSA) is 29.9 Å². The van der Waals surface area contributed by atoms with Crippen molar-refractivity contribution in [2.24, 2.45) is 5.92 Å². The van der Waals surface area contributed by atoms with Crippen LogP contribution in [0, 0.1) is 5.92 Å². The summed E-state index contributed by atoms with van der Waals surface area (Å²) >= 11 is 0. The number of hydrogen-bond donors (Lipinski definition) is 1. The molecule has 104 valence electrons. The van der Waals surface area contributed by atoms with Gasteiger partial charge in [-0.25, -0.2) is 0 Å². The van der Waals surface area contributed by atoms with Crippen molar-refractivity contribution in [2.45, 2.75) is 67.0 Å². The molecule has 0 atom stereocenters. The highest BCUT2D eigenvalue weighted by Crippen LogP contribution is 2.16. The minimum atomic E-state index is 0.700. The van der Waals surface area contributed by atoms with Gasteiger partial charge in [0.1, 0.15) is 0 Å². The Hall–Kier alpha value is -0.830. The van der Waals surface area contributed by atoms with Crippen LogP contribution in [-0.4, -0.2) is 16.3 Å². The Morgan fingerprint density at radius 2 is 1.89 bits per heavy atom. The van der Waals surface area contributed by atoms with Crippen molar-refractivity contribution in [3.8, 4) is 0 Å². The smallest absolute Gasteiger partial charge is 0.0669 e. The number of hydrogen-bond acceptors (Lipinski definition) is 2. The van der Waals surface area contributed by atoms with Gasteiger partial charge in [0.05, 0.1) is 5.69 Å². The normalized spacial score (nSPS) is 11.4. The average molecular weight is 251 g/mol. The van der Waals surface area contributed by atoms with E-state index in [1.54, 1.807) is 0 Å². The van der Waals surface area contributed by atoms with Crippen molar-refractivity contribution in [1.29, 1.82) is 0 Å². The molecule has 1 heterocycles. The summed E-state index contributed by atoms with van der Waals surface area (Å²) in [4.78, 5) is 0. The van der Waals surface area contributed by atoms with Gasteiger partial charge in [-0.1, -0.05) is 34.6 Å². The Balaban J connectivity index is 2.85. The van der Waals surface area contributed by atoms with Crippen molar-refractivity contribution < 1.29 is 0 Å². The first-order valence-electron chi connectivity index (χ1n) is 7.42. The first-order valence-corrected chi connectivity index (χ1v) is 7.42. The van der Waals surface area contributed by atoms with Crippen LogP contribution in [0.1, 0.15) is 58.0 Å². The van der Waals surface area contributed by atoms with E-state index in [1.165, 1.54) is 17.0 Å². The van der Waals surface area contributed by atoms with E-state index in [9.17, 15) is 0 Å². The van der Waals surface area contributed by atoms with Crippen LogP contribution >= 0.6 is 0 Å². The van der Waals surface area contributed by atoms with Gasteiger partial charge < -0.3 is 5.32 Å². The van der Waals surface area contributed by atoms with Gasteiger partial charge in [-0.3, -0.25) is 4.68 Å². The van der Waals surface area contributed by atoms with Crippen molar-refractivity contribution in [2.75, 3.05) is 6.54 Å². The SMILES string of the molecule is CCCn1nc(CC)c(CNCC(C)C)c1CC. The summed E-state index contributed by atoms with van der Waals surface area (Å²) < 4.78 is 2.21. The first-order chi connectivity index (χ1) is 8.63. The van der Waals surface area contributed by atoms with E-state index < -0.39 is 0 Å². The maximum atomic E-state index is 4.76. The van der Waals surface area contributed by atoms with Gasteiger partial charge in [-0.2, -0.15) is 5.10 Å². The van der Waals surface area contributed by atoms with Crippen LogP contribution in [0.5, 0.6) is 0 Å². The number of rotatable bonds is 8. The number of nitrogens with zero attached hydrogens (tertiary/aromatic N) is 2. The molecule has 0 radical (unpaired) electrons. The quantitative estimate of drug-likeness (QED) is 0.769. The Bertz CT molecular complexity index is 353. The second kappa shape index (κ2) is 7.57. The van der Waals surface area contributed by atoms with E-state index in [2.05, 4.69) is 44.6 Å². The molecule has 0 aromatic carbocycles. The highest BCUT2D eigenvalue weighted by atomic mass is 15.3. The van der Waals surface area contributed by atoms with E-state index in [0.717, 1.165) is 38.9 Å². The highest BCUT2D eigenvalue weighted by Gasteiger charge is 2.14. The molecule has 0 saturated heterocycles. The lowest BCUT2D eigenvalue weighted by atomic mass is 10.1. The Kier molecular flexibility index (Phi) is 6.41. The van der Waals surface area contributed by atoms with Gasteiger partial charge in [0.15, 0.2) is 0 Å². The Morgan fingerprint density at radius 1 is 1.17 bits per heavy atom. The second-order valence-electron chi connectivity index (χ2n) is 5.33. The Labute approximate surface area is 112 Å². The van der Waals surface area contributed by atoms with Gasteiger partial charge >= 0.3 is 0 Å². The Morgan fingerprint density at radius 3 is 2.39 bits per heavy atom. The van der Waals surface area contributed by atoms with E-state index >= 15 is 0 Å². The maximum Gasteiger partial charge on any atom is 0.0669 e. The van der Waals surface area contributed by atoms with E-state index in [1.807, 2.05) is 0 Å². The van der Waals surface area contributed by atoms with E-state index in [4.69, 9.17) is 5.10 Å². The molecular formula is C15H29N3. The van der Waals surface area contributed by atoms with Gasteiger partial charge in [-0.05, 0) is 31.7 Å². The van der Waals surface area contributed by atoms with Gasteiger partial charge in [-0.15, -0.1) is 0 Å². The summed E-state index contributed by atoms with van der Waals surface area (Å²) in [6.07, 6.45) is 3.25. The van der Waals surface area contributed by atoms with Crippen LogP contribution in [0.25, 0.3) is 0 Å². The van der Waals surface area contributed by atoms with Gasteiger partial charge in [0.25, 0.3) is 0 Å². The predicted octanol–water partition coefficient (Wildman–Crippen LogP) is 3.16. The van der Waals surface area contributed by atoms with Crippen LogP contribution in [0.15, 0.2) is 0 Å². The van der Waals surface area contributed by atoms with Crippen LogP contribution < -0.4 is 5.32 Å². The van der Waals surface area contributed by atoms with E-state index in [-0.39, 0.29) is 0 Å². The molecule has 0 bridgehead atoms. The standard InChI is InChI=1S/C15H29N3/c1-6-9-18-15(8-3)13(14(7-2)17-18)11-16-10-12(4)5/h12,16H,6-11H2,1-5H3. The zero-order chi connectivity index (χ0) is 13.5. The molecule has 0 aliphatic rings. The molecule has 3 heteroatoms. The third kappa shape index (κ3) is 3.84. The van der Waals surface area contributed by atoms with Crippen LogP contribution in [-0.2, 0) is 25.9 Å². The number of aryl methyl sites for hydroxylation is 2. The van der Waals surface area contributed by atoms with Gasteiger partial charge in [0, 0.05) is 24.3 Å². The summed E-state index contributed by atoms with van der Waals surface area (Å²) in [7, 11) is 0. The molecule has 1 aromatic heterocycles. The molecular weight excluding hydrogens is 222 g/mol. The summed E-state index contributed by atoms with van der Waals surface area (Å²) in [5.41, 5.74) is 4.13. The third-order valence-corrected chi connectivity index (χ3v) is 3.21. The lowest BCUT2D eigenvalue weighted by Gasteiger charge is -2.10. The zero-order valence-corrected chi connectivity index (χ0v) is 12.7. The molecule has 0 unspecified atom stereocenters. The minimum Gasteiger partial charge on any atom is -0.312 e. The lowest BCUT2D eigenvalue weighted by Crippen LogP contribution is -2.20. The monoisotopic (exact) mass is 251 g/mol. The van der Waals surface area contributed by atoms with E-state index in [0.29, 0.717) is 5.92 Å². The van der Waals surface area contributed by atoms with Crippen LogP contribution in [0.4, 0.5) is 0 Å². The minimum absolute atomic E-state index is 0.700. The molecule has 1 aromatic rings. The summed E-state index contributed by atoms with van der Waals surface area (Å²) in [6.45, 7) is 14.2. The first kappa shape index (κ1) is 15.2. The summed E-state index contributed by atoms with van der Waals surface area (Å²) in [5, 5.41) is 8.32. The maximum absolute atomic E-state index is 4.76. The molecule has 0 fully saturated rings. The van der Waals surface area contributed by atoms with Crippen molar-refractivity contribution >= 4 is 0 Å². The molecule has 0 amide bonds. The molecule has 0 aliphatic heterocycles. The average Bonchev–Trinajstić information content (AvgIpc) is 2.66. The largest absolute Gasteiger partial charge is 0.312 e. The van der Waals surface area contributed by atoms with Gasteiger partial charge in [0.2, 0.25) is 0 Å². The van der Waals surface area contributed by atoms with Crippen molar-refractivity contribution in [1.82, 2.24) is 15.1 Å². The molecule has 0 aliphatic carbocycles. The van der Waals surface area contributed by atoms with Crippen molar-refractivity contribution in [3.63, 3.8) is 0 Å². The summed E-state index contributed by atoms with van der Waals surface area (Å²) in [5.74, 6) is 0.700. The summed E-state index contributed by atoms with van der Waals surface area (Å²) in [6, 6.07) is 0. The molecule has 18 heavy (non-hydrogen) atoms. The fourth-order valence-corrected chi connectivity index (χ4v) is 2.36. The molecule has 0 saturated carbocycles. The fourth-order valence-electron chi connectivity index (χ4n) is 2.36. The van der Waals surface area contributed by atoms with Crippen molar-refractivity contribution in [3.05, 3.63) is 17.0 Å². The zero-order valence-electron chi connectivity index (χ0n) is 12.7. The lowest BCUT2D eigenvalue weighted by molar-refractivity contribution is 0.546. The molecule has 1 N–H and O–H groups in total. The van der Waals surface area contributed by atoms with Crippen LogP contribution in [0.3, 0.4) is 0 Å². The second-order valence-corrected chi connectivity index (χ2v) is 5.33. The number of aromatic nitrogens is 2. The third-order valence-electron chi connectivity index (χ3n) is 3.21. The molecule has 0 spiro atoms. The molecule has 3 nitrogen and oxygen atoms in total. The number of nitrogens with one attached hydrogen (secondary N) is 1. The van der Waals surface area contributed by atoms with Crippen LogP contribution in [0.2, 0.25) is 0 Å². The fraction of sp³-hybridized carbons (Fsp3) is 0.800. The highest BCUT2D eigenvalue weighted by molar-refractivity contribution is 5.26.